The molecule has 0 spiro atoms. The molecule has 0 radical (unpaired) electrons. The molecule has 4 atom stereocenters. The minimum Gasteiger partial charge on any atom is -0.367 e. The van der Waals surface area contributed by atoms with Crippen molar-refractivity contribution in [1.29, 1.82) is 0 Å². The first-order chi connectivity index (χ1) is 20.1. The van der Waals surface area contributed by atoms with Gasteiger partial charge >= 0.3 is 0 Å². The zero-order valence-corrected chi connectivity index (χ0v) is 24.5. The van der Waals surface area contributed by atoms with Crippen molar-refractivity contribution in [2.45, 2.75) is 31.7 Å². The van der Waals surface area contributed by atoms with Gasteiger partial charge < -0.3 is 50.3 Å². The molecule has 5 heterocycles. The zero-order valence-electron chi connectivity index (χ0n) is 24.5. The van der Waals surface area contributed by atoms with Crippen LogP contribution in [0.25, 0.3) is 0 Å². The molecule has 3 amide bonds. The van der Waals surface area contributed by atoms with E-state index in [1.807, 2.05) is 55.0 Å². The van der Waals surface area contributed by atoms with Gasteiger partial charge in [0, 0.05) is 71.1 Å². The van der Waals surface area contributed by atoms with Gasteiger partial charge in [-0.05, 0) is 37.2 Å². The van der Waals surface area contributed by atoms with Crippen LogP contribution in [0, 0.1) is 5.92 Å². The maximum absolute atomic E-state index is 13.4. The third-order valence-electron chi connectivity index (χ3n) is 7.76. The summed E-state index contributed by atoms with van der Waals surface area (Å²) in [6.07, 6.45) is 7.82. The predicted molar refractivity (Wildman–Crippen MR) is 158 cm³/mol. The van der Waals surface area contributed by atoms with E-state index < -0.39 is 6.04 Å². The largest absolute Gasteiger partial charge is 0.367 e. The molecule has 2 aliphatic heterocycles. The van der Waals surface area contributed by atoms with Crippen molar-refractivity contribution in [2.75, 3.05) is 30.8 Å². The summed E-state index contributed by atoms with van der Waals surface area (Å²) in [5.41, 5.74) is 9.29. The summed E-state index contributed by atoms with van der Waals surface area (Å²) in [7, 11) is 7.33. The second-order valence-electron chi connectivity index (χ2n) is 10.9. The number of nitrogens with zero attached hydrogens (tertiary/aromatic N) is 4. The van der Waals surface area contributed by atoms with Crippen LogP contribution in [0.4, 0.5) is 11.4 Å². The van der Waals surface area contributed by atoms with Gasteiger partial charge in [0.25, 0.3) is 11.8 Å². The molecule has 224 valence electrons. The van der Waals surface area contributed by atoms with Crippen LogP contribution in [-0.2, 0) is 30.7 Å². The van der Waals surface area contributed by atoms with E-state index in [-0.39, 0.29) is 36.0 Å². The number of aromatic nitrogens is 3. The van der Waals surface area contributed by atoms with Crippen LogP contribution in [0.5, 0.6) is 0 Å². The van der Waals surface area contributed by atoms with E-state index in [1.54, 1.807) is 47.8 Å². The van der Waals surface area contributed by atoms with Crippen LogP contribution < -0.4 is 27.0 Å². The fourth-order valence-electron chi connectivity index (χ4n) is 5.43. The van der Waals surface area contributed by atoms with Gasteiger partial charge in [-0.3, -0.25) is 14.4 Å². The molecule has 1 fully saturated rings. The number of epoxide rings is 1. The second-order valence-corrected chi connectivity index (χ2v) is 10.9. The van der Waals surface area contributed by atoms with Crippen molar-refractivity contribution in [3.8, 4) is 0 Å². The molecule has 3 aromatic heterocycles. The molecule has 0 aliphatic carbocycles. The molecular formula is C29H39N9O4. The molecule has 42 heavy (non-hydrogen) atoms. The molecule has 1 saturated heterocycles. The molecule has 2 aliphatic rings. The van der Waals surface area contributed by atoms with Gasteiger partial charge in [0.1, 0.15) is 23.5 Å². The Bertz CT molecular complexity index is 1520. The molecule has 0 bridgehead atoms. The number of likely N-dealkylation sites (N-methyl/N-ethyl adjacent to an activating group) is 1. The van der Waals surface area contributed by atoms with E-state index in [4.69, 9.17) is 10.5 Å². The van der Waals surface area contributed by atoms with Crippen LogP contribution in [0.15, 0.2) is 54.8 Å². The topological polar surface area (TPSA) is 156 Å². The number of nitrogens with one attached hydrogen (secondary N) is 4. The third-order valence-corrected chi connectivity index (χ3v) is 7.76. The lowest BCUT2D eigenvalue weighted by atomic mass is 10.0. The second kappa shape index (κ2) is 11.8. The average molecular weight is 578 g/mol. The third kappa shape index (κ3) is 5.92. The number of aryl methyl sites for hydroxylation is 3. The van der Waals surface area contributed by atoms with E-state index in [2.05, 4.69) is 21.3 Å². The summed E-state index contributed by atoms with van der Waals surface area (Å²) >= 11 is 0. The average Bonchev–Trinajstić information content (AvgIpc) is 3.19. The van der Waals surface area contributed by atoms with Crippen molar-refractivity contribution in [2.24, 2.45) is 32.8 Å². The van der Waals surface area contributed by atoms with Gasteiger partial charge in [-0.1, -0.05) is 6.92 Å². The summed E-state index contributed by atoms with van der Waals surface area (Å²) in [6.45, 7) is 2.97. The van der Waals surface area contributed by atoms with Crippen molar-refractivity contribution in [3.05, 3.63) is 71.8 Å². The molecule has 0 aromatic carbocycles. The number of ether oxygens (including phenoxy) is 1. The summed E-state index contributed by atoms with van der Waals surface area (Å²) in [4.78, 5) is 40.7. The molecule has 5 rings (SSSR count). The van der Waals surface area contributed by atoms with Crippen LogP contribution in [0.1, 0.15) is 46.1 Å². The summed E-state index contributed by atoms with van der Waals surface area (Å²) in [5.74, 6) is -0.885. The smallest absolute Gasteiger partial charge is 0.272 e. The first kappa shape index (κ1) is 29.0. The Morgan fingerprint density at radius 3 is 2.26 bits per heavy atom. The zero-order chi connectivity index (χ0) is 30.1. The quantitative estimate of drug-likeness (QED) is 0.171. The maximum atomic E-state index is 13.4. The number of amides is 3. The maximum Gasteiger partial charge on any atom is 0.272 e. The van der Waals surface area contributed by atoms with Crippen molar-refractivity contribution in [1.82, 2.24) is 29.2 Å². The van der Waals surface area contributed by atoms with Crippen molar-refractivity contribution < 1.29 is 19.1 Å². The van der Waals surface area contributed by atoms with Crippen molar-refractivity contribution in [3.63, 3.8) is 0 Å². The van der Waals surface area contributed by atoms with Crippen LogP contribution >= 0.6 is 0 Å². The Labute approximate surface area is 244 Å². The molecule has 13 nitrogen and oxygen atoms in total. The summed E-state index contributed by atoms with van der Waals surface area (Å²) in [6, 6.07) is 6.84. The minimum absolute atomic E-state index is 0.0221. The highest BCUT2D eigenvalue weighted by atomic mass is 16.6. The Kier molecular flexibility index (Phi) is 8.14. The van der Waals surface area contributed by atoms with Gasteiger partial charge in [0.05, 0.1) is 17.1 Å². The number of hydrogen-bond donors (Lipinski definition) is 5. The van der Waals surface area contributed by atoms with E-state index in [1.165, 1.54) is 0 Å². The lowest BCUT2D eigenvalue weighted by molar-refractivity contribution is -0.120. The van der Waals surface area contributed by atoms with E-state index in [9.17, 15) is 14.4 Å². The van der Waals surface area contributed by atoms with Gasteiger partial charge in [-0.2, -0.15) is 0 Å². The fraction of sp³-hybridized carbons (Fsp3) is 0.414. The number of rotatable bonds is 11. The number of carbonyl (C=O) groups excluding carboxylic acids is 3. The Morgan fingerprint density at radius 1 is 0.952 bits per heavy atom. The van der Waals surface area contributed by atoms with Crippen LogP contribution in [0.2, 0.25) is 0 Å². The highest BCUT2D eigenvalue weighted by Crippen LogP contribution is 2.39. The number of hydrogen-bond acceptors (Lipinski definition) is 7. The Balaban J connectivity index is 1.17. The van der Waals surface area contributed by atoms with Gasteiger partial charge in [0.2, 0.25) is 5.91 Å². The normalized spacial score (nSPS) is 21.2. The van der Waals surface area contributed by atoms with E-state index in [0.29, 0.717) is 42.3 Å². The Morgan fingerprint density at radius 2 is 1.62 bits per heavy atom. The van der Waals surface area contributed by atoms with Gasteiger partial charge in [-0.25, -0.2) is 0 Å². The predicted octanol–water partition coefficient (Wildman–Crippen LogP) is 1.45. The number of carbonyl (C=O) groups is 3. The van der Waals surface area contributed by atoms with Crippen molar-refractivity contribution >= 4 is 29.1 Å². The first-order valence-corrected chi connectivity index (χ1v) is 14.0. The molecule has 4 unspecified atom stereocenters. The molecular weight excluding hydrogens is 538 g/mol. The molecule has 6 N–H and O–H groups in total. The number of anilines is 2. The van der Waals surface area contributed by atoms with E-state index >= 15 is 0 Å². The Hall–Kier alpha value is -4.49. The molecule has 0 saturated carbocycles. The highest BCUT2D eigenvalue weighted by Gasteiger charge is 2.45. The molecule has 3 aromatic rings. The van der Waals surface area contributed by atoms with Crippen LogP contribution in [-0.4, -0.2) is 68.7 Å². The monoisotopic (exact) mass is 577 g/mol. The standard InChI is InChI=1S/C29H39N9O4/c1-17-20(34-29-25(42-29)21-8-6-11-35(21)2)16-38(5)24(17)28(41)33-19-13-23(37(4)15-19)27(40)32-18-12-22(36(3)14-18)26(39)31-10-7-9-30/h6,8,11-17,24-25,29,34H,7,9-10,30H2,1-5H3,(H,31,39)(H,32,40)(H,33,41). The fourth-order valence-corrected chi connectivity index (χ4v) is 5.43. The SMILES string of the molecule is CC1C(NC2OC2c2cccn2C)=CN(C)C1C(=O)Nc1cc(C(=O)Nc2cc(C(=O)NCCCN)n(C)c2)n(C)c1. The summed E-state index contributed by atoms with van der Waals surface area (Å²) in [5, 5.41) is 12.0. The van der Waals surface area contributed by atoms with Gasteiger partial charge in [0.15, 0.2) is 6.23 Å². The highest BCUT2D eigenvalue weighted by molar-refractivity contribution is 6.05. The van der Waals surface area contributed by atoms with Crippen LogP contribution in [0.3, 0.4) is 0 Å². The lowest BCUT2D eigenvalue weighted by Crippen LogP contribution is -2.41. The van der Waals surface area contributed by atoms with E-state index in [0.717, 1.165) is 11.4 Å². The molecule has 13 heteroatoms. The lowest BCUT2D eigenvalue weighted by Gasteiger charge is -2.23. The number of nitrogens with two attached hydrogens (primary N) is 1. The minimum atomic E-state index is -0.434. The van der Waals surface area contributed by atoms with Gasteiger partial charge in [-0.15, -0.1) is 0 Å². The first-order valence-electron chi connectivity index (χ1n) is 14.0. The summed E-state index contributed by atoms with van der Waals surface area (Å²) < 4.78 is 11.2.